The topological polar surface area (TPSA) is 0 Å². The van der Waals surface area contributed by atoms with Gasteiger partial charge in [0.25, 0.3) is 0 Å². The van der Waals surface area contributed by atoms with Crippen LogP contribution in [-0.4, -0.2) is 0 Å². The van der Waals surface area contributed by atoms with Crippen molar-refractivity contribution in [3.05, 3.63) is 109 Å². The molecule has 0 saturated heterocycles. The first-order valence-corrected chi connectivity index (χ1v) is 15.1. The maximum atomic E-state index is 2.37. The minimum absolute atomic E-state index is 1.29. The van der Waals surface area contributed by atoms with E-state index < -0.39 is 0 Å². The fraction of sp³-hybridized carbons (Fsp3) is 0.143. The van der Waals surface area contributed by atoms with Crippen molar-refractivity contribution in [1.29, 1.82) is 0 Å². The Hall–Kier alpha value is -2.02. The minimum atomic E-state index is 1.29. The third kappa shape index (κ3) is 4.66. The van der Waals surface area contributed by atoms with Gasteiger partial charge in [-0.25, -0.2) is 0 Å². The number of rotatable bonds is 6. The molecule has 5 aromatic rings. The summed E-state index contributed by atoms with van der Waals surface area (Å²) in [6.07, 6.45) is 4.74. The molecule has 5 heteroatoms. The SMILES string of the molecule is Cc1sccc1C(=Cc1ccc(C=C(c2ccsc2C)c2ccsc2C)s1)c1ccsc1C. The van der Waals surface area contributed by atoms with Gasteiger partial charge in [-0.3, -0.25) is 0 Å². The molecule has 0 aromatic carbocycles. The molecule has 0 unspecified atom stereocenters. The predicted molar refractivity (Wildman–Crippen MR) is 154 cm³/mol. The molecule has 0 radical (unpaired) electrons. The molecule has 0 N–H and O–H groups in total. The summed E-state index contributed by atoms with van der Waals surface area (Å²) in [5.74, 6) is 0. The summed E-state index contributed by atoms with van der Waals surface area (Å²) in [5, 5.41) is 8.78. The summed E-state index contributed by atoms with van der Waals surface area (Å²) in [6, 6.07) is 13.6. The van der Waals surface area contributed by atoms with E-state index in [0.29, 0.717) is 0 Å². The molecule has 0 aliphatic rings. The van der Waals surface area contributed by atoms with Crippen LogP contribution in [0.4, 0.5) is 0 Å². The number of thiophene rings is 5. The van der Waals surface area contributed by atoms with Crippen LogP contribution in [0.1, 0.15) is 51.5 Å². The van der Waals surface area contributed by atoms with Crippen LogP contribution in [0, 0.1) is 27.7 Å². The predicted octanol–water partition coefficient (Wildman–Crippen LogP) is 10.4. The van der Waals surface area contributed by atoms with E-state index in [2.05, 4.69) is 97.8 Å². The minimum Gasteiger partial charge on any atom is -0.149 e. The van der Waals surface area contributed by atoms with E-state index in [1.807, 2.05) is 56.7 Å². The van der Waals surface area contributed by atoms with Gasteiger partial charge < -0.3 is 0 Å². The van der Waals surface area contributed by atoms with E-state index in [1.54, 1.807) is 0 Å². The van der Waals surface area contributed by atoms with Gasteiger partial charge in [-0.05, 0) is 131 Å². The van der Waals surface area contributed by atoms with Gasteiger partial charge >= 0.3 is 0 Å². The van der Waals surface area contributed by atoms with E-state index in [0.717, 1.165) is 0 Å². The second-order valence-electron chi connectivity index (χ2n) is 7.92. The van der Waals surface area contributed by atoms with Crippen molar-refractivity contribution >= 4 is 80.0 Å². The molecule has 0 fully saturated rings. The van der Waals surface area contributed by atoms with E-state index in [-0.39, 0.29) is 0 Å². The Labute approximate surface area is 215 Å². The molecule has 5 aromatic heterocycles. The summed E-state index contributed by atoms with van der Waals surface area (Å²) >= 11 is 9.14. The van der Waals surface area contributed by atoms with Crippen LogP contribution >= 0.6 is 56.7 Å². The maximum Gasteiger partial charge on any atom is 0.0283 e. The average Bonchev–Trinajstić information content (AvgIpc) is 3.59. The Balaban J connectivity index is 1.59. The highest BCUT2D eigenvalue weighted by Crippen LogP contribution is 2.38. The van der Waals surface area contributed by atoms with Crippen LogP contribution in [0.5, 0.6) is 0 Å². The standard InChI is InChI=1S/C28H24S5/c1-17-23(7-11-29-17)27(24-8-12-30-18(24)2)15-21-5-6-22(33-21)16-28(25-9-13-31-19(25)3)26-10-14-32-20(26)4/h5-16H,1-4H3. The lowest BCUT2D eigenvalue weighted by molar-refractivity contribution is 1.51. The van der Waals surface area contributed by atoms with Crippen LogP contribution in [0.15, 0.2) is 57.9 Å². The summed E-state index contributed by atoms with van der Waals surface area (Å²) in [7, 11) is 0. The monoisotopic (exact) mass is 520 g/mol. The van der Waals surface area contributed by atoms with Crippen molar-refractivity contribution in [2.45, 2.75) is 27.7 Å². The normalized spacial score (nSPS) is 11.0. The first kappa shape index (κ1) is 22.8. The quantitative estimate of drug-likeness (QED) is 0.209. The Morgan fingerprint density at radius 3 is 1.03 bits per heavy atom. The molecule has 33 heavy (non-hydrogen) atoms. The van der Waals surface area contributed by atoms with Crippen molar-refractivity contribution in [1.82, 2.24) is 0 Å². The van der Waals surface area contributed by atoms with Gasteiger partial charge in [-0.2, -0.15) is 0 Å². The van der Waals surface area contributed by atoms with Gasteiger partial charge in [0, 0.05) is 29.3 Å². The lowest BCUT2D eigenvalue weighted by atomic mass is 9.98. The largest absolute Gasteiger partial charge is 0.149 e. The molecular weight excluding hydrogens is 497 g/mol. The zero-order valence-corrected chi connectivity index (χ0v) is 23.1. The Morgan fingerprint density at radius 1 is 0.485 bits per heavy atom. The molecule has 166 valence electrons. The second-order valence-corrected chi connectivity index (χ2v) is 13.5. The average molecular weight is 521 g/mol. The van der Waals surface area contributed by atoms with Crippen molar-refractivity contribution in [3.63, 3.8) is 0 Å². The van der Waals surface area contributed by atoms with Gasteiger partial charge in [0.1, 0.15) is 0 Å². The van der Waals surface area contributed by atoms with E-state index >= 15 is 0 Å². The van der Waals surface area contributed by atoms with Gasteiger partial charge in [0.15, 0.2) is 0 Å². The molecule has 0 bridgehead atoms. The smallest absolute Gasteiger partial charge is 0.0283 e. The lowest BCUT2D eigenvalue weighted by Gasteiger charge is -2.08. The molecular formula is C28H24S5. The van der Waals surface area contributed by atoms with Gasteiger partial charge in [-0.15, -0.1) is 56.7 Å². The molecule has 5 heterocycles. The van der Waals surface area contributed by atoms with E-state index in [1.165, 1.54) is 62.7 Å². The number of aryl methyl sites for hydroxylation is 4. The van der Waals surface area contributed by atoms with Crippen molar-refractivity contribution in [3.8, 4) is 0 Å². The molecule has 0 atom stereocenters. The number of hydrogen-bond acceptors (Lipinski definition) is 5. The molecule has 5 rings (SSSR count). The van der Waals surface area contributed by atoms with Gasteiger partial charge in [0.05, 0.1) is 0 Å². The molecule has 0 aliphatic heterocycles. The van der Waals surface area contributed by atoms with Crippen molar-refractivity contribution in [2.24, 2.45) is 0 Å². The van der Waals surface area contributed by atoms with Crippen molar-refractivity contribution < 1.29 is 0 Å². The third-order valence-corrected chi connectivity index (χ3v) is 10.2. The zero-order valence-electron chi connectivity index (χ0n) is 19.0. The Kier molecular flexibility index (Phi) is 6.68. The second kappa shape index (κ2) is 9.69. The molecule has 0 spiro atoms. The summed E-state index contributed by atoms with van der Waals surface area (Å²) < 4.78 is 0. The highest BCUT2D eigenvalue weighted by molar-refractivity contribution is 7.14. The van der Waals surface area contributed by atoms with E-state index in [4.69, 9.17) is 0 Å². The maximum absolute atomic E-state index is 2.37. The first-order valence-electron chi connectivity index (χ1n) is 10.7. The summed E-state index contributed by atoms with van der Waals surface area (Å²) in [4.78, 5) is 8.04. The Bertz CT molecular complexity index is 1260. The van der Waals surface area contributed by atoms with Crippen LogP contribution in [0.3, 0.4) is 0 Å². The van der Waals surface area contributed by atoms with Crippen molar-refractivity contribution in [2.75, 3.05) is 0 Å². The molecule has 0 amide bonds. The molecule has 0 saturated carbocycles. The van der Waals surface area contributed by atoms with Crippen LogP contribution < -0.4 is 0 Å². The fourth-order valence-corrected chi connectivity index (χ4v) is 7.82. The summed E-state index contributed by atoms with van der Waals surface area (Å²) in [6.45, 7) is 8.88. The van der Waals surface area contributed by atoms with Crippen LogP contribution in [0.2, 0.25) is 0 Å². The molecule has 0 aliphatic carbocycles. The lowest BCUT2D eigenvalue weighted by Crippen LogP contribution is -1.88. The third-order valence-electron chi connectivity index (χ3n) is 5.82. The fourth-order valence-electron chi connectivity index (χ4n) is 4.07. The summed E-state index contributed by atoms with van der Waals surface area (Å²) in [5.41, 5.74) is 8.02. The molecule has 0 nitrogen and oxygen atoms in total. The number of hydrogen-bond donors (Lipinski definition) is 0. The van der Waals surface area contributed by atoms with Gasteiger partial charge in [0.2, 0.25) is 0 Å². The highest BCUT2D eigenvalue weighted by Gasteiger charge is 2.15. The van der Waals surface area contributed by atoms with Gasteiger partial charge in [-0.1, -0.05) is 0 Å². The van der Waals surface area contributed by atoms with Crippen LogP contribution in [-0.2, 0) is 0 Å². The highest BCUT2D eigenvalue weighted by atomic mass is 32.1. The van der Waals surface area contributed by atoms with E-state index in [9.17, 15) is 0 Å². The zero-order chi connectivity index (χ0) is 22.9. The first-order chi connectivity index (χ1) is 16.0. The van der Waals surface area contributed by atoms with Crippen LogP contribution in [0.25, 0.3) is 23.3 Å². The Morgan fingerprint density at radius 2 is 0.788 bits per heavy atom.